The van der Waals surface area contributed by atoms with E-state index in [4.69, 9.17) is 14.2 Å². The molecule has 1 aromatic carbocycles. The fourth-order valence-electron chi connectivity index (χ4n) is 2.49. The lowest BCUT2D eigenvalue weighted by molar-refractivity contribution is -0.156. The Balaban J connectivity index is 1.45. The van der Waals surface area contributed by atoms with E-state index in [1.54, 1.807) is 18.2 Å². The summed E-state index contributed by atoms with van der Waals surface area (Å²) in [7, 11) is 0. The van der Waals surface area contributed by atoms with Crippen molar-refractivity contribution in [2.24, 2.45) is 0 Å². The molecule has 0 amide bonds. The van der Waals surface area contributed by atoms with Crippen molar-refractivity contribution in [3.8, 4) is 11.5 Å². The second-order valence-corrected chi connectivity index (χ2v) is 6.64. The number of nitrogens with zero attached hydrogens (tertiary/aromatic N) is 3. The summed E-state index contributed by atoms with van der Waals surface area (Å²) in [5.41, 5.74) is 0.0648. The molecule has 0 bridgehead atoms. The highest BCUT2D eigenvalue weighted by molar-refractivity contribution is 7.16. The normalized spacial score (nSPS) is 15.8. The Morgan fingerprint density at radius 1 is 1.38 bits per heavy atom. The van der Waals surface area contributed by atoms with Crippen molar-refractivity contribution in [2.75, 3.05) is 6.61 Å². The Bertz CT molecular complexity index is 1030. The molecule has 0 radical (unpaired) electrons. The third-order valence-electron chi connectivity index (χ3n) is 3.78. The maximum absolute atomic E-state index is 12.2. The third-order valence-corrected chi connectivity index (χ3v) is 4.83. The van der Waals surface area contributed by atoms with Gasteiger partial charge >= 0.3 is 5.97 Å². The Hall–Kier alpha value is -2.94. The molecule has 1 aliphatic heterocycles. The topological polar surface area (TPSA) is 92.0 Å². The van der Waals surface area contributed by atoms with E-state index in [-0.39, 0.29) is 18.8 Å². The van der Waals surface area contributed by atoms with Crippen LogP contribution in [0.15, 0.2) is 35.1 Å². The molecule has 2 aromatic heterocycles. The van der Waals surface area contributed by atoms with E-state index < -0.39 is 12.1 Å². The second kappa shape index (κ2) is 6.75. The number of fused-ring (bicyclic) bond motifs is 2. The van der Waals surface area contributed by atoms with Gasteiger partial charge in [0, 0.05) is 6.07 Å². The summed E-state index contributed by atoms with van der Waals surface area (Å²) in [6, 6.07) is 8.42. The maximum atomic E-state index is 12.2. The Morgan fingerprint density at radius 2 is 2.19 bits per heavy atom. The lowest BCUT2D eigenvalue weighted by Gasteiger charge is -2.24. The predicted octanol–water partition coefficient (Wildman–Crippen LogP) is 1.60. The number of aromatic nitrogens is 3. The number of hydrogen-bond donors (Lipinski definition) is 0. The van der Waals surface area contributed by atoms with Crippen LogP contribution >= 0.6 is 11.3 Å². The van der Waals surface area contributed by atoms with Crippen LogP contribution in [0.2, 0.25) is 0 Å². The van der Waals surface area contributed by atoms with Gasteiger partial charge in [-0.3, -0.25) is 4.79 Å². The highest BCUT2D eigenvalue weighted by Crippen LogP contribution is 2.31. The lowest BCUT2D eigenvalue weighted by atomic mass is 10.2. The van der Waals surface area contributed by atoms with Crippen molar-refractivity contribution in [3.05, 3.63) is 51.4 Å². The molecule has 0 saturated carbocycles. The van der Waals surface area contributed by atoms with Gasteiger partial charge in [-0.25, -0.2) is 9.78 Å². The molecule has 0 fully saturated rings. The van der Waals surface area contributed by atoms with Crippen molar-refractivity contribution >= 4 is 22.3 Å². The summed E-state index contributed by atoms with van der Waals surface area (Å²) < 4.78 is 17.6. The van der Waals surface area contributed by atoms with Crippen LogP contribution in [-0.4, -0.2) is 33.3 Å². The largest absolute Gasteiger partial charge is 0.485 e. The first-order valence-electron chi connectivity index (χ1n) is 8.08. The van der Waals surface area contributed by atoms with Crippen LogP contribution < -0.4 is 15.0 Å². The van der Waals surface area contributed by atoms with Gasteiger partial charge in [-0.05, 0) is 18.6 Å². The number of esters is 1. The van der Waals surface area contributed by atoms with Crippen LogP contribution in [0.3, 0.4) is 0 Å². The monoisotopic (exact) mass is 373 g/mol. The Morgan fingerprint density at radius 3 is 3.00 bits per heavy atom. The van der Waals surface area contributed by atoms with Crippen molar-refractivity contribution in [3.63, 3.8) is 0 Å². The average molecular weight is 373 g/mol. The van der Waals surface area contributed by atoms with Crippen molar-refractivity contribution < 1.29 is 19.0 Å². The first-order valence-corrected chi connectivity index (χ1v) is 8.89. The summed E-state index contributed by atoms with van der Waals surface area (Å²) in [4.78, 5) is 29.1. The minimum Gasteiger partial charge on any atom is -0.485 e. The van der Waals surface area contributed by atoms with E-state index in [1.165, 1.54) is 21.9 Å². The maximum Gasteiger partial charge on any atom is 0.351 e. The molecule has 26 heavy (non-hydrogen) atoms. The summed E-state index contributed by atoms with van der Waals surface area (Å²) in [6.45, 7) is 1.90. The zero-order chi connectivity index (χ0) is 18.1. The predicted molar refractivity (Wildman–Crippen MR) is 92.7 cm³/mol. The highest BCUT2D eigenvalue weighted by Gasteiger charge is 2.28. The van der Waals surface area contributed by atoms with E-state index >= 15 is 0 Å². The minimum atomic E-state index is -0.857. The number of hydrogen-bond acceptors (Lipinski definition) is 8. The lowest BCUT2D eigenvalue weighted by Crippen LogP contribution is -2.37. The smallest absolute Gasteiger partial charge is 0.351 e. The zero-order valence-electron chi connectivity index (χ0n) is 13.9. The van der Waals surface area contributed by atoms with Gasteiger partial charge in [0.15, 0.2) is 11.5 Å². The molecule has 3 heterocycles. The fourth-order valence-corrected chi connectivity index (χ4v) is 3.34. The van der Waals surface area contributed by atoms with Gasteiger partial charge < -0.3 is 14.2 Å². The van der Waals surface area contributed by atoms with Crippen LogP contribution in [0.1, 0.15) is 17.6 Å². The second-order valence-electron chi connectivity index (χ2n) is 5.60. The van der Waals surface area contributed by atoms with E-state index in [0.29, 0.717) is 22.2 Å². The number of ether oxygens (including phenoxy) is 3. The molecule has 8 nitrogen and oxygen atoms in total. The molecule has 1 unspecified atom stereocenters. The molecule has 4 rings (SSSR count). The van der Waals surface area contributed by atoms with Crippen molar-refractivity contribution in [1.29, 1.82) is 0 Å². The standard InChI is InChI=1S/C17H15N3O5S/c1-2-14-19-20-15(21)7-10(18-17(20)26-14)8-24-16(22)13-9-23-11-5-3-4-6-12(11)25-13/h3-7,13H,2,8-9H2,1H3. The summed E-state index contributed by atoms with van der Waals surface area (Å²) in [6.07, 6.45) is -0.136. The van der Waals surface area contributed by atoms with Crippen LogP contribution in [0.5, 0.6) is 11.5 Å². The molecule has 0 spiro atoms. The third kappa shape index (κ3) is 3.13. The summed E-state index contributed by atoms with van der Waals surface area (Å²) >= 11 is 1.34. The van der Waals surface area contributed by atoms with E-state index in [2.05, 4.69) is 10.1 Å². The van der Waals surface area contributed by atoms with Crippen molar-refractivity contribution in [2.45, 2.75) is 26.1 Å². The quantitative estimate of drug-likeness (QED) is 0.641. The van der Waals surface area contributed by atoms with Gasteiger partial charge in [0.05, 0.1) is 5.69 Å². The van der Waals surface area contributed by atoms with Gasteiger partial charge in [0.25, 0.3) is 5.56 Å². The highest BCUT2D eigenvalue weighted by atomic mass is 32.1. The first kappa shape index (κ1) is 16.5. The SMILES string of the molecule is CCc1nn2c(=O)cc(COC(=O)C3COc4ccccc4O3)nc2s1. The molecule has 0 N–H and O–H groups in total. The summed E-state index contributed by atoms with van der Waals surface area (Å²) in [5, 5.41) is 4.99. The molecule has 134 valence electrons. The average Bonchev–Trinajstić information content (AvgIpc) is 3.09. The summed E-state index contributed by atoms with van der Waals surface area (Å²) in [5.74, 6) is 0.518. The molecule has 0 aliphatic carbocycles. The molecule has 3 aromatic rings. The molecule has 0 saturated heterocycles. The minimum absolute atomic E-state index is 0.0691. The van der Waals surface area contributed by atoms with E-state index in [9.17, 15) is 9.59 Å². The molecule has 9 heteroatoms. The molecular formula is C17H15N3O5S. The van der Waals surface area contributed by atoms with Gasteiger partial charge in [-0.2, -0.15) is 9.61 Å². The number of para-hydroxylation sites is 2. The fraction of sp³-hybridized carbons (Fsp3) is 0.294. The molecular weight excluding hydrogens is 358 g/mol. The van der Waals surface area contributed by atoms with Crippen LogP contribution in [0.4, 0.5) is 0 Å². The molecule has 1 aliphatic rings. The number of rotatable bonds is 4. The van der Waals surface area contributed by atoms with Gasteiger partial charge in [-0.15, -0.1) is 0 Å². The Labute approximate surface area is 152 Å². The van der Waals surface area contributed by atoms with Crippen LogP contribution in [0, 0.1) is 0 Å². The zero-order valence-corrected chi connectivity index (χ0v) is 14.7. The van der Waals surface area contributed by atoms with Crippen LogP contribution in [-0.2, 0) is 22.6 Å². The van der Waals surface area contributed by atoms with Gasteiger partial charge in [0.2, 0.25) is 11.1 Å². The first-order chi connectivity index (χ1) is 12.6. The van der Waals surface area contributed by atoms with Crippen molar-refractivity contribution in [1.82, 2.24) is 14.6 Å². The van der Waals surface area contributed by atoms with E-state index in [1.807, 2.05) is 13.0 Å². The Kier molecular flexibility index (Phi) is 4.29. The number of carbonyl (C=O) groups is 1. The van der Waals surface area contributed by atoms with Gasteiger partial charge in [-0.1, -0.05) is 30.4 Å². The van der Waals surface area contributed by atoms with Gasteiger partial charge in [0.1, 0.15) is 18.2 Å². The number of benzene rings is 1. The number of carbonyl (C=O) groups excluding carboxylic acids is 1. The van der Waals surface area contributed by atoms with E-state index in [0.717, 1.165) is 11.4 Å². The number of aryl methyl sites for hydroxylation is 1. The molecule has 1 atom stereocenters. The van der Waals surface area contributed by atoms with Crippen LogP contribution in [0.25, 0.3) is 4.96 Å².